The maximum atomic E-state index is 11.8. The van der Waals surface area contributed by atoms with Crippen LogP contribution >= 0.6 is 0 Å². The molecule has 0 fully saturated rings. The van der Waals surface area contributed by atoms with Gasteiger partial charge in [-0.25, -0.2) is 0 Å². The van der Waals surface area contributed by atoms with Crippen molar-refractivity contribution in [3.05, 3.63) is 71.8 Å². The summed E-state index contributed by atoms with van der Waals surface area (Å²) in [7, 11) is 0. The fourth-order valence-corrected chi connectivity index (χ4v) is 2.13. The lowest BCUT2D eigenvalue weighted by molar-refractivity contribution is -0.120. The largest absolute Gasteiger partial charge is 0.297 e. The number of benzene rings is 1. The van der Waals surface area contributed by atoms with E-state index in [9.17, 15) is 9.59 Å². The van der Waals surface area contributed by atoms with E-state index in [1.807, 2.05) is 36.4 Å². The number of rotatable bonds is 6. The van der Waals surface area contributed by atoms with Crippen molar-refractivity contribution >= 4 is 17.8 Å². The summed E-state index contributed by atoms with van der Waals surface area (Å²) < 4.78 is 0. The van der Waals surface area contributed by atoms with E-state index < -0.39 is 0 Å². The molecule has 5 nitrogen and oxygen atoms in total. The zero-order valence-electron chi connectivity index (χ0n) is 13.3. The van der Waals surface area contributed by atoms with Gasteiger partial charge in [-0.1, -0.05) is 42.5 Å². The fourth-order valence-electron chi connectivity index (χ4n) is 2.13. The number of aryl methyl sites for hydroxylation is 2. The van der Waals surface area contributed by atoms with Gasteiger partial charge in [-0.2, -0.15) is 0 Å². The van der Waals surface area contributed by atoms with Gasteiger partial charge in [0.2, 0.25) is 17.8 Å². The van der Waals surface area contributed by atoms with Gasteiger partial charge in [-0.3, -0.25) is 25.6 Å². The summed E-state index contributed by atoms with van der Waals surface area (Å²) in [5, 5.41) is 12.4. The quantitative estimate of drug-likeness (QED) is 0.562. The van der Waals surface area contributed by atoms with Crippen LogP contribution in [0, 0.1) is 17.5 Å². The molecule has 0 radical (unpaired) electrons. The molecular formula is C19H19N3O2. The van der Waals surface area contributed by atoms with Crippen LogP contribution in [0.3, 0.4) is 0 Å². The molecule has 0 saturated heterocycles. The number of carbonyl (C=O) groups excluding carboxylic acids is 2. The molecular weight excluding hydrogens is 302 g/mol. The van der Waals surface area contributed by atoms with E-state index in [-0.39, 0.29) is 30.6 Å². The van der Waals surface area contributed by atoms with Crippen molar-refractivity contribution < 1.29 is 9.59 Å². The SMILES string of the molecule is N=C(NC(=O)CCc1cc#ccc1)NC(=O)CCc1ccccc1. The molecule has 0 unspecified atom stereocenters. The van der Waals surface area contributed by atoms with Gasteiger partial charge in [0.1, 0.15) is 0 Å². The van der Waals surface area contributed by atoms with Gasteiger partial charge < -0.3 is 0 Å². The summed E-state index contributed by atoms with van der Waals surface area (Å²) in [6.07, 6.45) is 1.64. The Morgan fingerprint density at radius 1 is 0.875 bits per heavy atom. The highest BCUT2D eigenvalue weighted by atomic mass is 16.2. The van der Waals surface area contributed by atoms with Crippen LogP contribution in [0.1, 0.15) is 24.0 Å². The second kappa shape index (κ2) is 9.11. The Morgan fingerprint density at radius 3 is 2.08 bits per heavy atom. The maximum absolute atomic E-state index is 11.8. The molecule has 2 aromatic rings. The molecule has 5 heteroatoms. The molecule has 3 N–H and O–H groups in total. The number of nitrogens with one attached hydrogen (secondary N) is 3. The average molecular weight is 321 g/mol. The summed E-state index contributed by atoms with van der Waals surface area (Å²) in [5.74, 6) is -0.889. The third kappa shape index (κ3) is 6.32. The van der Waals surface area contributed by atoms with Crippen LogP contribution in [0.15, 0.2) is 48.5 Å². The van der Waals surface area contributed by atoms with Crippen molar-refractivity contribution in [2.45, 2.75) is 25.7 Å². The van der Waals surface area contributed by atoms with E-state index in [0.717, 1.165) is 11.1 Å². The van der Waals surface area contributed by atoms with E-state index in [1.165, 1.54) is 0 Å². The molecule has 0 aliphatic rings. The van der Waals surface area contributed by atoms with Gasteiger partial charge in [0.25, 0.3) is 0 Å². The number of hydrogen-bond donors (Lipinski definition) is 3. The highest BCUT2D eigenvalue weighted by Crippen LogP contribution is 2.02. The second-order valence-corrected chi connectivity index (χ2v) is 5.30. The molecule has 24 heavy (non-hydrogen) atoms. The standard InChI is InChI=1S/C19H19N3O2/c20-19(21-17(23)13-11-15-7-3-1-4-8-15)22-18(24)14-12-16-9-5-2-6-10-16/h1,3-5,7-10H,11-14H2,(H3,20,21,22,23,24). The third-order valence-electron chi connectivity index (χ3n) is 3.37. The van der Waals surface area contributed by atoms with Gasteiger partial charge in [-0.15, -0.1) is 0 Å². The molecule has 122 valence electrons. The van der Waals surface area contributed by atoms with E-state index in [2.05, 4.69) is 22.8 Å². The highest BCUT2D eigenvalue weighted by molar-refractivity contribution is 6.03. The van der Waals surface area contributed by atoms with Crippen molar-refractivity contribution in [1.29, 1.82) is 5.41 Å². The third-order valence-corrected chi connectivity index (χ3v) is 3.37. The van der Waals surface area contributed by atoms with Crippen molar-refractivity contribution in [3.63, 3.8) is 0 Å². The van der Waals surface area contributed by atoms with Gasteiger partial charge in [-0.05, 0) is 42.2 Å². The van der Waals surface area contributed by atoms with Crippen LogP contribution in [0.5, 0.6) is 0 Å². The molecule has 0 saturated carbocycles. The predicted molar refractivity (Wildman–Crippen MR) is 91.2 cm³/mol. The summed E-state index contributed by atoms with van der Waals surface area (Å²) in [6, 6.07) is 20.6. The summed E-state index contributed by atoms with van der Waals surface area (Å²) in [5.41, 5.74) is 2.03. The number of carbonyl (C=O) groups is 2. The van der Waals surface area contributed by atoms with Crippen LogP contribution in [0.25, 0.3) is 0 Å². The first kappa shape index (κ1) is 17.2. The van der Waals surface area contributed by atoms with Crippen LogP contribution in [-0.4, -0.2) is 17.8 Å². The Morgan fingerprint density at radius 2 is 1.50 bits per heavy atom. The predicted octanol–water partition coefficient (Wildman–Crippen LogP) is 2.02. The molecule has 0 aliphatic heterocycles. The smallest absolute Gasteiger partial charge is 0.226 e. The normalized spacial score (nSPS) is 9.67. The minimum Gasteiger partial charge on any atom is -0.297 e. The molecule has 2 aromatic carbocycles. The zero-order chi connectivity index (χ0) is 17.2. The van der Waals surface area contributed by atoms with Crippen LogP contribution in [0.4, 0.5) is 0 Å². The molecule has 0 heterocycles. The van der Waals surface area contributed by atoms with E-state index >= 15 is 0 Å². The van der Waals surface area contributed by atoms with Crippen LogP contribution in [-0.2, 0) is 22.4 Å². The van der Waals surface area contributed by atoms with Gasteiger partial charge >= 0.3 is 0 Å². The first-order valence-corrected chi connectivity index (χ1v) is 7.72. The molecule has 0 spiro atoms. The molecule has 0 atom stereocenters. The zero-order valence-corrected chi connectivity index (χ0v) is 13.3. The maximum Gasteiger partial charge on any atom is 0.226 e. The van der Waals surface area contributed by atoms with Crippen molar-refractivity contribution in [2.24, 2.45) is 0 Å². The minimum absolute atomic E-state index is 0.236. The Bertz CT molecular complexity index is 625. The summed E-state index contributed by atoms with van der Waals surface area (Å²) in [6.45, 7) is 0. The average Bonchev–Trinajstić information content (AvgIpc) is 2.60. The summed E-state index contributed by atoms with van der Waals surface area (Å²) in [4.78, 5) is 23.5. The fraction of sp³-hybridized carbons (Fsp3) is 0.211. The minimum atomic E-state index is -0.309. The van der Waals surface area contributed by atoms with Gasteiger partial charge in [0.15, 0.2) is 0 Å². The van der Waals surface area contributed by atoms with Crippen molar-refractivity contribution in [1.82, 2.24) is 10.6 Å². The van der Waals surface area contributed by atoms with Crippen LogP contribution in [0.2, 0.25) is 0 Å². The number of amides is 2. The Balaban J connectivity index is 1.66. The van der Waals surface area contributed by atoms with Gasteiger partial charge in [0, 0.05) is 12.8 Å². The van der Waals surface area contributed by atoms with E-state index in [4.69, 9.17) is 5.41 Å². The second-order valence-electron chi connectivity index (χ2n) is 5.30. The van der Waals surface area contributed by atoms with Crippen LogP contribution < -0.4 is 10.6 Å². The summed E-state index contributed by atoms with van der Waals surface area (Å²) >= 11 is 0. The lowest BCUT2D eigenvalue weighted by Crippen LogP contribution is -2.43. The van der Waals surface area contributed by atoms with E-state index in [1.54, 1.807) is 12.1 Å². The molecule has 2 rings (SSSR count). The number of hydrogen-bond acceptors (Lipinski definition) is 3. The topological polar surface area (TPSA) is 82.1 Å². The van der Waals surface area contributed by atoms with Gasteiger partial charge in [0.05, 0.1) is 0 Å². The highest BCUT2D eigenvalue weighted by Gasteiger charge is 2.09. The molecule has 0 aromatic heterocycles. The Kier molecular flexibility index (Phi) is 6.54. The monoisotopic (exact) mass is 321 g/mol. The first-order chi connectivity index (χ1) is 11.6. The van der Waals surface area contributed by atoms with E-state index in [0.29, 0.717) is 12.8 Å². The Hall–Kier alpha value is -3.13. The van der Waals surface area contributed by atoms with Crippen molar-refractivity contribution in [2.75, 3.05) is 0 Å². The lowest BCUT2D eigenvalue weighted by Gasteiger charge is -2.08. The molecule has 0 aliphatic carbocycles. The number of guanidine groups is 1. The first-order valence-electron chi connectivity index (χ1n) is 7.72. The Labute approximate surface area is 141 Å². The van der Waals surface area contributed by atoms with Crippen molar-refractivity contribution in [3.8, 4) is 0 Å². The molecule has 0 bridgehead atoms. The molecule has 2 amide bonds. The lowest BCUT2D eigenvalue weighted by atomic mass is 10.1.